The lowest BCUT2D eigenvalue weighted by Gasteiger charge is -2.14. The van der Waals surface area contributed by atoms with E-state index in [9.17, 15) is 14.4 Å². The molecule has 13 heteroatoms. The molecule has 2 bridgehead atoms. The number of H-pyrrole nitrogens is 1. The number of hydrogen-bond donors (Lipinski definition) is 3. The summed E-state index contributed by atoms with van der Waals surface area (Å²) in [5.41, 5.74) is 3.25. The molecule has 2 amide bonds. The van der Waals surface area contributed by atoms with E-state index < -0.39 is 12.0 Å². The first-order valence-corrected chi connectivity index (χ1v) is 13.0. The molecule has 0 aliphatic carbocycles. The lowest BCUT2D eigenvalue weighted by Crippen LogP contribution is -2.27. The number of aromatic amines is 1. The molecule has 1 aliphatic rings. The van der Waals surface area contributed by atoms with Crippen LogP contribution in [0.3, 0.4) is 0 Å². The van der Waals surface area contributed by atoms with E-state index in [2.05, 4.69) is 36.1 Å². The number of carbonyl (C=O) groups excluding carboxylic acids is 3. The second-order valence-electron chi connectivity index (χ2n) is 9.08. The van der Waals surface area contributed by atoms with E-state index in [0.29, 0.717) is 57.4 Å². The quantitative estimate of drug-likeness (QED) is 0.184. The molecule has 1 aliphatic heterocycles. The summed E-state index contributed by atoms with van der Waals surface area (Å²) in [6.45, 7) is 0. The average Bonchev–Trinajstić information content (AvgIpc) is 3.68. The van der Waals surface area contributed by atoms with Gasteiger partial charge in [0.15, 0.2) is 0 Å². The first-order valence-electron chi connectivity index (χ1n) is 12.6. The zero-order chi connectivity index (χ0) is 28.8. The monoisotopic (exact) mass is 572 g/mol. The number of methoxy groups -OCH3 is 1. The molecular formula is C28H25ClN8O4. The SMILES string of the molecule is COC(=O)c1ccc2c(c1)-c1cnc([nH]1)[C@@H](NC(=O)/C=C/c1cc(Cl)ccc1-n1cnnn1)C/C=C/CCC(=O)N2. The first-order chi connectivity index (χ1) is 19.9. The number of carbonyl (C=O) groups is 3. The van der Waals surface area contributed by atoms with Crippen molar-refractivity contribution in [1.29, 1.82) is 0 Å². The number of anilines is 1. The van der Waals surface area contributed by atoms with Crippen molar-refractivity contribution < 1.29 is 19.1 Å². The molecule has 12 nitrogen and oxygen atoms in total. The predicted octanol–water partition coefficient (Wildman–Crippen LogP) is 4.04. The highest BCUT2D eigenvalue weighted by Gasteiger charge is 2.20. The molecule has 5 rings (SSSR count). The number of hydrogen-bond acceptors (Lipinski definition) is 8. The summed E-state index contributed by atoms with van der Waals surface area (Å²) in [5.74, 6) is -0.536. The van der Waals surface area contributed by atoms with E-state index in [1.165, 1.54) is 24.2 Å². The Hall–Kier alpha value is -5.10. The van der Waals surface area contributed by atoms with Gasteiger partial charge >= 0.3 is 5.97 Å². The molecule has 2 aromatic heterocycles. The molecule has 3 heterocycles. The molecule has 0 unspecified atom stereocenters. The lowest BCUT2D eigenvalue weighted by atomic mass is 10.1. The Balaban J connectivity index is 1.43. The number of tetrazole rings is 1. The summed E-state index contributed by atoms with van der Waals surface area (Å²) < 4.78 is 6.33. The maximum absolute atomic E-state index is 13.1. The Bertz CT molecular complexity index is 1640. The van der Waals surface area contributed by atoms with Crippen LogP contribution in [0, 0.1) is 0 Å². The standard InChI is InChI=1S/C28H25ClN8O4/c1-41-28(40)18-7-10-21-20(14-18)23-15-30-27(34-23)22(5-3-2-4-6-25(38)32-21)33-26(39)12-8-17-13-19(29)9-11-24(17)37-16-31-35-36-37/h2-3,7-16,22H,4-6H2,1H3,(H,30,34)(H,32,38)(H,33,39)/b3-2+,12-8+/t22-/m0/s1. The summed E-state index contributed by atoms with van der Waals surface area (Å²) in [6, 6.07) is 9.52. The van der Waals surface area contributed by atoms with Gasteiger partial charge in [0.05, 0.1) is 42.0 Å². The van der Waals surface area contributed by atoms with Gasteiger partial charge in [-0.3, -0.25) is 9.59 Å². The second kappa shape index (κ2) is 12.4. The van der Waals surface area contributed by atoms with Gasteiger partial charge in [-0.05, 0) is 65.7 Å². The molecule has 0 radical (unpaired) electrons. The number of esters is 1. The van der Waals surface area contributed by atoms with Crippen molar-refractivity contribution in [3.05, 3.63) is 89.1 Å². The molecule has 208 valence electrons. The summed E-state index contributed by atoms with van der Waals surface area (Å²) in [6.07, 6.45) is 11.1. The summed E-state index contributed by atoms with van der Waals surface area (Å²) in [5, 5.41) is 17.6. The Morgan fingerprint density at radius 3 is 2.88 bits per heavy atom. The van der Waals surface area contributed by atoms with Crippen molar-refractivity contribution >= 4 is 41.1 Å². The molecule has 3 N–H and O–H groups in total. The normalized spacial score (nSPS) is 16.0. The van der Waals surface area contributed by atoms with Crippen LogP contribution in [0.2, 0.25) is 5.02 Å². The average molecular weight is 573 g/mol. The van der Waals surface area contributed by atoms with Crippen LogP contribution in [-0.4, -0.2) is 55.1 Å². The fourth-order valence-electron chi connectivity index (χ4n) is 4.31. The molecule has 4 aromatic rings. The smallest absolute Gasteiger partial charge is 0.337 e. The number of nitrogens with one attached hydrogen (secondary N) is 3. The van der Waals surface area contributed by atoms with Crippen molar-refractivity contribution in [3.8, 4) is 16.9 Å². The van der Waals surface area contributed by atoms with Crippen LogP contribution in [-0.2, 0) is 14.3 Å². The predicted molar refractivity (Wildman–Crippen MR) is 151 cm³/mol. The van der Waals surface area contributed by atoms with Gasteiger partial charge in [0.1, 0.15) is 12.2 Å². The van der Waals surface area contributed by atoms with Gasteiger partial charge in [0.25, 0.3) is 0 Å². The van der Waals surface area contributed by atoms with E-state index >= 15 is 0 Å². The van der Waals surface area contributed by atoms with E-state index in [0.717, 1.165) is 0 Å². The third kappa shape index (κ3) is 6.56. The number of imidazole rings is 1. The Labute approximate surface area is 239 Å². The Morgan fingerprint density at radius 1 is 1.20 bits per heavy atom. The van der Waals surface area contributed by atoms with Crippen LogP contribution in [0.25, 0.3) is 23.0 Å². The Kier molecular flexibility index (Phi) is 8.30. The topological polar surface area (TPSA) is 157 Å². The third-order valence-electron chi connectivity index (χ3n) is 6.32. The van der Waals surface area contributed by atoms with E-state index in [4.69, 9.17) is 16.3 Å². The molecule has 0 fully saturated rings. The maximum Gasteiger partial charge on any atom is 0.337 e. The number of benzene rings is 2. The fraction of sp³-hybridized carbons (Fsp3) is 0.179. The minimum Gasteiger partial charge on any atom is -0.465 e. The number of fused-ring (bicyclic) bond motifs is 4. The van der Waals surface area contributed by atoms with Crippen molar-refractivity contribution in [2.24, 2.45) is 0 Å². The zero-order valence-electron chi connectivity index (χ0n) is 21.9. The number of allylic oxidation sites excluding steroid dienone is 1. The van der Waals surface area contributed by atoms with Crippen LogP contribution in [0.15, 0.2) is 67.2 Å². The summed E-state index contributed by atoms with van der Waals surface area (Å²) >= 11 is 6.19. The van der Waals surface area contributed by atoms with Crippen LogP contribution in [0.1, 0.15) is 47.1 Å². The highest BCUT2D eigenvalue weighted by Crippen LogP contribution is 2.30. The molecular weight excluding hydrogens is 548 g/mol. The minimum atomic E-state index is -0.508. The number of rotatable bonds is 5. The zero-order valence-corrected chi connectivity index (χ0v) is 22.6. The van der Waals surface area contributed by atoms with Gasteiger partial charge in [-0.15, -0.1) is 5.10 Å². The highest BCUT2D eigenvalue weighted by atomic mass is 35.5. The van der Waals surface area contributed by atoms with Gasteiger partial charge < -0.3 is 20.4 Å². The highest BCUT2D eigenvalue weighted by molar-refractivity contribution is 6.30. The molecule has 2 aromatic carbocycles. The number of halogens is 1. The molecule has 1 atom stereocenters. The molecule has 0 saturated heterocycles. The number of ether oxygens (including phenoxy) is 1. The van der Waals surface area contributed by atoms with Gasteiger partial charge in [-0.1, -0.05) is 23.8 Å². The van der Waals surface area contributed by atoms with E-state index in [1.54, 1.807) is 48.7 Å². The fourth-order valence-corrected chi connectivity index (χ4v) is 4.49. The molecule has 0 saturated carbocycles. The number of nitrogens with zero attached hydrogens (tertiary/aromatic N) is 5. The summed E-state index contributed by atoms with van der Waals surface area (Å²) in [4.78, 5) is 45.5. The van der Waals surface area contributed by atoms with Crippen molar-refractivity contribution in [2.45, 2.75) is 25.3 Å². The van der Waals surface area contributed by atoms with Gasteiger partial charge in [-0.25, -0.2) is 9.78 Å². The lowest BCUT2D eigenvalue weighted by molar-refractivity contribution is -0.117. The number of aromatic nitrogens is 6. The van der Waals surface area contributed by atoms with E-state index in [1.807, 2.05) is 12.2 Å². The van der Waals surface area contributed by atoms with Crippen molar-refractivity contribution in [1.82, 2.24) is 35.5 Å². The van der Waals surface area contributed by atoms with Gasteiger partial charge in [-0.2, -0.15) is 4.68 Å². The maximum atomic E-state index is 13.1. The third-order valence-corrected chi connectivity index (χ3v) is 6.56. The van der Waals surface area contributed by atoms with Crippen LogP contribution in [0.4, 0.5) is 5.69 Å². The second-order valence-corrected chi connectivity index (χ2v) is 9.52. The Morgan fingerprint density at radius 2 is 2.07 bits per heavy atom. The van der Waals surface area contributed by atoms with Crippen molar-refractivity contribution in [3.63, 3.8) is 0 Å². The minimum absolute atomic E-state index is 0.169. The van der Waals surface area contributed by atoms with Gasteiger partial charge in [0.2, 0.25) is 11.8 Å². The molecule has 41 heavy (non-hydrogen) atoms. The summed E-state index contributed by atoms with van der Waals surface area (Å²) in [7, 11) is 1.30. The van der Waals surface area contributed by atoms with Crippen LogP contribution >= 0.6 is 11.6 Å². The van der Waals surface area contributed by atoms with Crippen LogP contribution < -0.4 is 10.6 Å². The largest absolute Gasteiger partial charge is 0.465 e. The van der Waals surface area contributed by atoms with Crippen molar-refractivity contribution in [2.75, 3.05) is 12.4 Å². The molecule has 0 spiro atoms. The first kappa shape index (κ1) is 27.5. The van der Waals surface area contributed by atoms with Gasteiger partial charge in [0, 0.05) is 28.6 Å². The number of amides is 2. The van der Waals surface area contributed by atoms with E-state index in [-0.39, 0.29) is 18.2 Å². The van der Waals surface area contributed by atoms with Crippen LogP contribution in [0.5, 0.6) is 0 Å².